The second-order valence-corrected chi connectivity index (χ2v) is 11.6. The number of aliphatic imine (C=N–C) groups is 1. The topological polar surface area (TPSA) is 453 Å². The minimum absolute atomic E-state index is 0.0144. The maximum Gasteiger partial charge on any atom is 0.394 e. The van der Waals surface area contributed by atoms with Crippen LogP contribution in [-0.4, -0.2) is 139 Å². The highest BCUT2D eigenvalue weighted by Crippen LogP contribution is 2.07. The lowest BCUT2D eigenvalue weighted by Crippen LogP contribution is -2.64. The molecule has 0 aromatic heterocycles. The zero-order chi connectivity index (χ0) is 38.9. The van der Waals surface area contributed by atoms with E-state index < -0.39 is 114 Å². The highest BCUT2D eigenvalue weighted by atomic mass is 32.3. The molecule has 6 atom stereocenters. The van der Waals surface area contributed by atoms with Gasteiger partial charge >= 0.3 is 16.4 Å². The van der Waals surface area contributed by atoms with Gasteiger partial charge in [0.1, 0.15) is 29.9 Å². The number of hydrogen-bond donors (Lipinski definition) is 16. The van der Waals surface area contributed by atoms with Gasteiger partial charge in [0.2, 0.25) is 29.5 Å². The fourth-order valence-corrected chi connectivity index (χ4v) is 4.14. The van der Waals surface area contributed by atoms with Crippen molar-refractivity contribution in [1.29, 1.82) is 0 Å². The number of nitrogens with two attached hydrogens (primary N) is 5. The Balaban J connectivity index is 0.00000242. The Bertz CT molecular complexity index is 1450. The molecule has 1 fully saturated rings. The molecule has 8 amide bonds. The van der Waals surface area contributed by atoms with E-state index in [1.807, 2.05) is 5.32 Å². The summed E-state index contributed by atoms with van der Waals surface area (Å²) in [6, 6.07) is -9.04. The molecule has 2 aliphatic rings. The first-order valence-electron chi connectivity index (χ1n) is 14.9. The van der Waals surface area contributed by atoms with Crippen molar-refractivity contribution < 1.29 is 56.2 Å². The maximum atomic E-state index is 13.4. The van der Waals surface area contributed by atoms with Gasteiger partial charge in [0.05, 0.1) is 18.7 Å². The van der Waals surface area contributed by atoms with Crippen LogP contribution in [0.4, 0.5) is 4.79 Å². The second kappa shape index (κ2) is 21.1. The molecule has 2 aliphatic heterocycles. The van der Waals surface area contributed by atoms with Crippen LogP contribution in [0.5, 0.6) is 0 Å². The predicted molar refractivity (Wildman–Crippen MR) is 174 cm³/mol. The molecule has 51 heavy (non-hydrogen) atoms. The third-order valence-electron chi connectivity index (χ3n) is 6.71. The maximum absolute atomic E-state index is 13.4. The number of carbonyl (C=O) groups is 7. The summed E-state index contributed by atoms with van der Waals surface area (Å²) in [5.41, 5.74) is 27.4. The van der Waals surface area contributed by atoms with Crippen LogP contribution < -0.4 is 71.2 Å². The zero-order valence-corrected chi connectivity index (χ0v) is 27.8. The standard InChI is InChI=1S/C24H42N14O8.H2O4S/c25-4-1-2-10(26)17(40)32-7-13-19(42)34-14(8-33-24(29)46)20(43)38-16(12-3-5-30-23(28)37-12)22(45)31-6-11(27)18(41)36-15(9-39)21(44)35-13;1-5(2,3)4/h8,10-13,15-16,39H,1-7,9,25-27H2,(H,31,45)(H,32,40)(H,34,42)(H,35,44)(H,36,41)(H,38,43)(H3,28,30,37)(H3,29,33,46);(H2,1,2,3,4)/b14-8-;/t10-,11-,12+,13-,15-,16-;/m0./s1. The molecule has 0 aromatic carbocycles. The Morgan fingerprint density at radius 1 is 1.00 bits per heavy atom. The van der Waals surface area contributed by atoms with E-state index in [2.05, 4.69) is 42.2 Å². The Kier molecular flexibility index (Phi) is 18.2. The van der Waals surface area contributed by atoms with E-state index in [1.165, 1.54) is 0 Å². The molecule has 0 aromatic rings. The number of aliphatic hydroxyl groups excluding tert-OH is 1. The first-order chi connectivity index (χ1) is 23.8. The number of amides is 8. The van der Waals surface area contributed by atoms with Crippen molar-refractivity contribution >= 4 is 57.8 Å². The SMILES string of the molecule is NCCC[C@H](N)C(=O)NC[C@@H]1NC(=O)[C@H](CO)NC(=O)[C@@H](N)CNC(=O)[C@H]([C@H]2CCN=C(N)N2)NC(=O)/C(=C/NC(N)=O)NC1=O.O=S(=O)(O)O. The molecule has 288 valence electrons. The second-order valence-electron chi connectivity index (χ2n) is 10.7. The van der Waals surface area contributed by atoms with Crippen molar-refractivity contribution in [2.45, 2.75) is 55.5 Å². The summed E-state index contributed by atoms with van der Waals surface area (Å²) >= 11 is 0. The van der Waals surface area contributed by atoms with Crippen LogP contribution in [-0.2, 0) is 39.2 Å². The van der Waals surface area contributed by atoms with Crippen molar-refractivity contribution in [3.8, 4) is 0 Å². The van der Waals surface area contributed by atoms with Crippen molar-refractivity contribution in [3.63, 3.8) is 0 Å². The number of carbonyl (C=O) groups excluding carboxylic acids is 7. The van der Waals surface area contributed by atoms with Gasteiger partial charge in [0.15, 0.2) is 5.96 Å². The van der Waals surface area contributed by atoms with Gasteiger partial charge in [-0.25, -0.2) is 4.79 Å². The molecule has 2 rings (SSSR count). The Morgan fingerprint density at radius 2 is 1.63 bits per heavy atom. The Hall–Kier alpha value is -5.19. The van der Waals surface area contributed by atoms with Crippen LogP contribution in [0.2, 0.25) is 0 Å². The van der Waals surface area contributed by atoms with Crippen molar-refractivity contribution in [1.82, 2.24) is 42.5 Å². The summed E-state index contributed by atoms with van der Waals surface area (Å²) in [6.45, 7) is -1.51. The van der Waals surface area contributed by atoms with Gasteiger partial charge in [-0.3, -0.25) is 42.9 Å². The highest BCUT2D eigenvalue weighted by molar-refractivity contribution is 7.79. The van der Waals surface area contributed by atoms with Crippen LogP contribution in [0.15, 0.2) is 16.9 Å². The van der Waals surface area contributed by atoms with E-state index in [-0.39, 0.29) is 31.9 Å². The zero-order valence-electron chi connectivity index (χ0n) is 27.0. The number of nitrogens with one attached hydrogen (secondary N) is 8. The van der Waals surface area contributed by atoms with Crippen LogP contribution >= 0.6 is 0 Å². The summed E-state index contributed by atoms with van der Waals surface area (Å²) in [5.74, 6) is -5.78. The Morgan fingerprint density at radius 3 is 2.20 bits per heavy atom. The third kappa shape index (κ3) is 16.9. The van der Waals surface area contributed by atoms with Gasteiger partial charge < -0.3 is 76.3 Å². The number of primary amides is 1. The molecule has 0 unspecified atom stereocenters. The molecular weight excluding hydrogens is 708 g/mol. The average molecular weight is 753 g/mol. The molecule has 0 radical (unpaired) electrons. The largest absolute Gasteiger partial charge is 0.394 e. The van der Waals surface area contributed by atoms with Crippen LogP contribution in [0.25, 0.3) is 0 Å². The van der Waals surface area contributed by atoms with E-state index in [1.54, 1.807) is 0 Å². The molecule has 27 heteroatoms. The molecule has 0 aliphatic carbocycles. The van der Waals surface area contributed by atoms with Gasteiger partial charge in [0.25, 0.3) is 5.91 Å². The van der Waals surface area contributed by atoms with Gasteiger partial charge in [-0.1, -0.05) is 0 Å². The summed E-state index contributed by atoms with van der Waals surface area (Å²) in [7, 11) is -4.67. The third-order valence-corrected chi connectivity index (χ3v) is 6.71. The van der Waals surface area contributed by atoms with E-state index in [9.17, 15) is 38.7 Å². The van der Waals surface area contributed by atoms with Crippen LogP contribution in [0.1, 0.15) is 19.3 Å². The quantitative estimate of drug-likeness (QED) is 0.0768. The monoisotopic (exact) mass is 752 g/mol. The minimum Gasteiger partial charge on any atom is -0.394 e. The molecular formula is C24H44N14O12S. The van der Waals surface area contributed by atoms with Gasteiger partial charge in [0, 0.05) is 25.8 Å². The van der Waals surface area contributed by atoms with Crippen molar-refractivity contribution in [2.24, 2.45) is 33.7 Å². The molecule has 0 bridgehead atoms. The fraction of sp³-hybridized carbons (Fsp3) is 0.583. The number of aliphatic hydroxyl groups is 1. The lowest BCUT2D eigenvalue weighted by Gasteiger charge is -2.31. The average Bonchev–Trinajstić information content (AvgIpc) is 3.05. The van der Waals surface area contributed by atoms with E-state index in [4.69, 9.17) is 46.2 Å². The number of nitrogens with zero attached hydrogens (tertiary/aromatic N) is 1. The van der Waals surface area contributed by atoms with E-state index in [0.717, 1.165) is 6.20 Å². The molecule has 0 saturated carbocycles. The lowest BCUT2D eigenvalue weighted by molar-refractivity contribution is -0.134. The van der Waals surface area contributed by atoms with E-state index in [0.29, 0.717) is 6.42 Å². The number of hydrogen-bond acceptors (Lipinski definition) is 16. The summed E-state index contributed by atoms with van der Waals surface area (Å²) < 4.78 is 31.6. The number of rotatable bonds is 9. The highest BCUT2D eigenvalue weighted by Gasteiger charge is 2.35. The number of urea groups is 1. The molecule has 21 N–H and O–H groups in total. The molecule has 2 heterocycles. The van der Waals surface area contributed by atoms with Crippen molar-refractivity contribution in [3.05, 3.63) is 11.9 Å². The molecule has 1 saturated heterocycles. The first kappa shape index (κ1) is 43.8. The predicted octanol–water partition coefficient (Wildman–Crippen LogP) is -9.28. The van der Waals surface area contributed by atoms with Gasteiger partial charge in [-0.2, -0.15) is 8.42 Å². The van der Waals surface area contributed by atoms with Crippen LogP contribution in [0.3, 0.4) is 0 Å². The Labute approximate surface area is 290 Å². The van der Waals surface area contributed by atoms with E-state index >= 15 is 0 Å². The molecule has 26 nitrogen and oxygen atoms in total. The minimum atomic E-state index is -4.67. The summed E-state index contributed by atoms with van der Waals surface area (Å²) in [6.07, 6.45) is 1.61. The first-order valence-corrected chi connectivity index (χ1v) is 16.3. The fourth-order valence-electron chi connectivity index (χ4n) is 4.14. The normalized spacial score (nSPS) is 25.1. The summed E-state index contributed by atoms with van der Waals surface area (Å²) in [5, 5.41) is 28.6. The van der Waals surface area contributed by atoms with Crippen LogP contribution in [0, 0.1) is 0 Å². The van der Waals surface area contributed by atoms with Crippen molar-refractivity contribution in [2.75, 3.05) is 32.8 Å². The van der Waals surface area contributed by atoms with Gasteiger partial charge in [-0.05, 0) is 25.8 Å². The lowest BCUT2D eigenvalue weighted by atomic mass is 10.0. The smallest absolute Gasteiger partial charge is 0.394 e. The molecule has 0 spiro atoms. The van der Waals surface area contributed by atoms with Gasteiger partial charge in [-0.15, -0.1) is 0 Å². The summed E-state index contributed by atoms with van der Waals surface area (Å²) in [4.78, 5) is 93.7. The number of guanidine groups is 1.